The number of benzene rings is 1. The van der Waals surface area contributed by atoms with Crippen LogP contribution in [0.15, 0.2) is 51.9 Å². The van der Waals surface area contributed by atoms with E-state index < -0.39 is 0 Å². The van der Waals surface area contributed by atoms with Crippen molar-refractivity contribution >= 4 is 11.6 Å². The molecule has 9 heteroatoms. The lowest BCUT2D eigenvalue weighted by molar-refractivity contribution is -0.135. The summed E-state index contributed by atoms with van der Waals surface area (Å²) >= 11 is 0. The number of carbonyl (C=O) groups is 1. The lowest BCUT2D eigenvalue weighted by Gasteiger charge is -2.35. The highest BCUT2D eigenvalue weighted by molar-refractivity contribution is 5.77. The van der Waals surface area contributed by atoms with Gasteiger partial charge >= 0.3 is 5.69 Å². The molecule has 0 spiro atoms. The zero-order valence-electron chi connectivity index (χ0n) is 18.8. The first kappa shape index (κ1) is 21.1. The number of hydrogen-bond acceptors (Lipinski definition) is 6. The van der Waals surface area contributed by atoms with E-state index in [9.17, 15) is 9.59 Å². The van der Waals surface area contributed by atoms with Gasteiger partial charge in [-0.15, -0.1) is 5.10 Å². The van der Waals surface area contributed by atoms with Gasteiger partial charge in [0.05, 0.1) is 5.56 Å². The molecule has 0 saturated carbocycles. The van der Waals surface area contributed by atoms with Crippen LogP contribution >= 0.6 is 0 Å². The molecule has 1 amide bonds. The molecule has 1 atom stereocenters. The highest BCUT2D eigenvalue weighted by Crippen LogP contribution is 2.25. The second kappa shape index (κ2) is 8.65. The Bertz CT molecular complexity index is 1370. The van der Waals surface area contributed by atoms with Crippen molar-refractivity contribution in [3.8, 4) is 22.8 Å². The predicted octanol–water partition coefficient (Wildman–Crippen LogP) is 3.31. The second-order valence-electron chi connectivity index (χ2n) is 8.49. The Kier molecular flexibility index (Phi) is 5.53. The summed E-state index contributed by atoms with van der Waals surface area (Å²) in [5, 5.41) is 8.56. The summed E-state index contributed by atoms with van der Waals surface area (Å²) in [5.74, 6) is 0.652. The molecule has 3 aromatic heterocycles. The van der Waals surface area contributed by atoms with Gasteiger partial charge in [-0.1, -0.05) is 35.8 Å². The van der Waals surface area contributed by atoms with Gasteiger partial charge in [-0.05, 0) is 50.8 Å². The van der Waals surface area contributed by atoms with E-state index in [-0.39, 0.29) is 30.1 Å². The number of carbonyl (C=O) groups excluding carboxylic acids is 1. The first-order valence-corrected chi connectivity index (χ1v) is 11.3. The first-order chi connectivity index (χ1) is 16.0. The van der Waals surface area contributed by atoms with E-state index in [2.05, 4.69) is 22.2 Å². The zero-order valence-corrected chi connectivity index (χ0v) is 18.8. The van der Waals surface area contributed by atoms with Gasteiger partial charge in [0.25, 0.3) is 5.89 Å². The molecule has 0 bridgehead atoms. The molecule has 1 saturated heterocycles. The van der Waals surface area contributed by atoms with Crippen molar-refractivity contribution in [3.05, 3.63) is 58.6 Å². The fourth-order valence-electron chi connectivity index (χ4n) is 4.51. The highest BCUT2D eigenvalue weighted by atomic mass is 16.5. The number of likely N-dealkylation sites (tertiary alicyclic amines) is 1. The molecule has 9 nitrogen and oxygen atoms in total. The lowest BCUT2D eigenvalue weighted by Crippen LogP contribution is -2.45. The molecule has 4 heterocycles. The summed E-state index contributed by atoms with van der Waals surface area (Å²) in [4.78, 5) is 32.4. The van der Waals surface area contributed by atoms with Crippen LogP contribution < -0.4 is 5.69 Å². The molecule has 1 aromatic carbocycles. The topological polar surface area (TPSA) is 98.5 Å². The minimum absolute atomic E-state index is 0.0758. The van der Waals surface area contributed by atoms with Gasteiger partial charge < -0.3 is 9.42 Å². The third-order valence-corrected chi connectivity index (χ3v) is 6.25. The Hall–Kier alpha value is -3.75. The second-order valence-corrected chi connectivity index (χ2v) is 8.49. The van der Waals surface area contributed by atoms with Crippen molar-refractivity contribution in [2.75, 3.05) is 6.54 Å². The predicted molar refractivity (Wildman–Crippen MR) is 123 cm³/mol. The Morgan fingerprint density at radius 2 is 2.09 bits per heavy atom. The smallest absolute Gasteiger partial charge is 0.338 e. The zero-order chi connectivity index (χ0) is 22.9. The largest absolute Gasteiger partial charge is 0.350 e. The van der Waals surface area contributed by atoms with Crippen molar-refractivity contribution in [2.45, 2.75) is 52.1 Å². The Balaban J connectivity index is 1.47. The maximum absolute atomic E-state index is 13.0. The number of amides is 1. The molecular formula is C24H26N6O3. The summed E-state index contributed by atoms with van der Waals surface area (Å²) in [6, 6.07) is 11.6. The third kappa shape index (κ3) is 3.94. The SMILES string of the molecule is CCC1CCCCN1C(=O)Cn1nc2c(-c3nc(-c4cccc(C)c4)no3)cccn2c1=O. The van der Waals surface area contributed by atoms with E-state index in [1.807, 2.05) is 36.1 Å². The average Bonchev–Trinajstić information content (AvgIpc) is 3.44. The van der Waals surface area contributed by atoms with Gasteiger partial charge in [0.1, 0.15) is 6.54 Å². The molecule has 1 fully saturated rings. The lowest BCUT2D eigenvalue weighted by atomic mass is 10.00. The van der Waals surface area contributed by atoms with Gasteiger partial charge in [0.2, 0.25) is 11.7 Å². The third-order valence-electron chi connectivity index (χ3n) is 6.25. The van der Waals surface area contributed by atoms with Crippen molar-refractivity contribution in [1.82, 2.24) is 29.2 Å². The fourth-order valence-corrected chi connectivity index (χ4v) is 4.51. The number of hydrogen-bond donors (Lipinski definition) is 0. The van der Waals surface area contributed by atoms with E-state index in [0.29, 0.717) is 17.0 Å². The fraction of sp³-hybridized carbons (Fsp3) is 0.375. The van der Waals surface area contributed by atoms with Crippen LogP contribution in [0.25, 0.3) is 28.5 Å². The van der Waals surface area contributed by atoms with Crippen LogP contribution in [0, 0.1) is 6.92 Å². The molecule has 1 unspecified atom stereocenters. The Morgan fingerprint density at radius 1 is 1.21 bits per heavy atom. The number of nitrogens with zero attached hydrogens (tertiary/aromatic N) is 6. The standard InChI is InChI=1S/C24H26N6O3/c1-3-18-10-4-5-12-28(18)20(31)15-30-24(32)29-13-7-11-19(22(29)26-30)23-25-21(27-33-23)17-9-6-8-16(2)14-17/h6-9,11,13-14,18H,3-5,10,12,15H2,1-2H3. The van der Waals surface area contributed by atoms with E-state index >= 15 is 0 Å². The van der Waals surface area contributed by atoms with Gasteiger partial charge in [0, 0.05) is 24.3 Å². The van der Waals surface area contributed by atoms with Gasteiger partial charge in [-0.3, -0.25) is 4.79 Å². The quantitative estimate of drug-likeness (QED) is 0.466. The maximum atomic E-state index is 13.0. The molecule has 170 valence electrons. The van der Waals surface area contributed by atoms with E-state index in [4.69, 9.17) is 4.52 Å². The minimum atomic E-state index is -0.372. The molecule has 1 aliphatic heterocycles. The number of rotatable bonds is 5. The molecule has 4 aromatic rings. The molecule has 33 heavy (non-hydrogen) atoms. The average molecular weight is 447 g/mol. The normalized spacial score (nSPS) is 16.4. The van der Waals surface area contributed by atoms with Crippen LogP contribution in [0.4, 0.5) is 0 Å². The summed E-state index contributed by atoms with van der Waals surface area (Å²) in [6.07, 6.45) is 5.67. The number of pyridine rings is 1. The van der Waals surface area contributed by atoms with Crippen molar-refractivity contribution in [3.63, 3.8) is 0 Å². The van der Waals surface area contributed by atoms with Gasteiger partial charge in [-0.2, -0.15) is 4.98 Å². The van der Waals surface area contributed by atoms with Crippen LogP contribution in [-0.4, -0.2) is 47.7 Å². The number of piperidine rings is 1. The van der Waals surface area contributed by atoms with Crippen molar-refractivity contribution in [1.29, 1.82) is 0 Å². The van der Waals surface area contributed by atoms with Crippen LogP contribution in [0.2, 0.25) is 0 Å². The molecular weight excluding hydrogens is 420 g/mol. The number of fused-ring (bicyclic) bond motifs is 1. The molecule has 0 N–H and O–H groups in total. The maximum Gasteiger partial charge on any atom is 0.350 e. The van der Waals surface area contributed by atoms with Crippen LogP contribution in [0.3, 0.4) is 0 Å². The molecule has 1 aliphatic rings. The number of aryl methyl sites for hydroxylation is 1. The first-order valence-electron chi connectivity index (χ1n) is 11.3. The summed E-state index contributed by atoms with van der Waals surface area (Å²) in [7, 11) is 0. The summed E-state index contributed by atoms with van der Waals surface area (Å²) < 4.78 is 8.14. The van der Waals surface area contributed by atoms with Crippen molar-refractivity contribution in [2.24, 2.45) is 0 Å². The monoisotopic (exact) mass is 446 g/mol. The van der Waals surface area contributed by atoms with Crippen LogP contribution in [0.5, 0.6) is 0 Å². The van der Waals surface area contributed by atoms with Crippen LogP contribution in [0.1, 0.15) is 38.2 Å². The van der Waals surface area contributed by atoms with Crippen LogP contribution in [-0.2, 0) is 11.3 Å². The molecule has 5 rings (SSSR count). The number of aromatic nitrogens is 5. The van der Waals surface area contributed by atoms with Crippen molar-refractivity contribution < 1.29 is 9.32 Å². The molecule has 0 aliphatic carbocycles. The summed E-state index contributed by atoms with van der Waals surface area (Å²) in [6.45, 7) is 4.73. The van der Waals surface area contributed by atoms with E-state index in [1.165, 1.54) is 9.08 Å². The summed E-state index contributed by atoms with van der Waals surface area (Å²) in [5.41, 5.74) is 2.48. The molecule has 0 radical (unpaired) electrons. The Labute approximate surface area is 190 Å². The Morgan fingerprint density at radius 3 is 2.91 bits per heavy atom. The minimum Gasteiger partial charge on any atom is -0.338 e. The van der Waals surface area contributed by atoms with E-state index in [0.717, 1.165) is 43.4 Å². The highest BCUT2D eigenvalue weighted by Gasteiger charge is 2.26. The van der Waals surface area contributed by atoms with Gasteiger partial charge in [-0.25, -0.2) is 13.9 Å². The van der Waals surface area contributed by atoms with Gasteiger partial charge in [0.15, 0.2) is 5.65 Å². The van der Waals surface area contributed by atoms with E-state index in [1.54, 1.807) is 18.3 Å².